The van der Waals surface area contributed by atoms with Gasteiger partial charge in [-0.15, -0.1) is 17.5 Å². The highest BCUT2D eigenvalue weighted by molar-refractivity contribution is 5.91. The number of nitrogens with one attached hydrogen (secondary N) is 1. The molecule has 0 saturated carbocycles. The molecule has 0 aliphatic carbocycles. The molecule has 8 nitrogen and oxygen atoms in total. The van der Waals surface area contributed by atoms with E-state index in [1.165, 1.54) is 0 Å². The Balaban J connectivity index is 0.00000225. The monoisotopic (exact) mass is 407 g/mol. The molecule has 0 radical (unpaired) electrons. The van der Waals surface area contributed by atoms with Crippen LogP contribution in [0.2, 0.25) is 0 Å². The number of aromatic nitrogens is 3. The summed E-state index contributed by atoms with van der Waals surface area (Å²) in [6, 6.07) is 7.89. The third-order valence-electron chi connectivity index (χ3n) is 5.07. The molecule has 1 fully saturated rings. The third-order valence-corrected chi connectivity index (χ3v) is 5.07. The normalized spacial score (nSPS) is 19.0. The first-order chi connectivity index (χ1) is 13.2. The second-order valence-corrected chi connectivity index (χ2v) is 6.91. The first-order valence-corrected chi connectivity index (χ1v) is 9.55. The van der Waals surface area contributed by atoms with E-state index in [-0.39, 0.29) is 24.4 Å². The number of halogens is 1. The van der Waals surface area contributed by atoms with Crippen LogP contribution in [0, 0.1) is 0 Å². The lowest BCUT2D eigenvalue weighted by Gasteiger charge is -2.30. The topological polar surface area (TPSA) is 81.5 Å². The van der Waals surface area contributed by atoms with E-state index in [4.69, 9.17) is 9.47 Å². The molecule has 1 unspecified atom stereocenters. The number of rotatable bonds is 5. The summed E-state index contributed by atoms with van der Waals surface area (Å²) in [5, 5.41) is 11.6. The van der Waals surface area contributed by atoms with Gasteiger partial charge in [0.2, 0.25) is 0 Å². The van der Waals surface area contributed by atoms with Gasteiger partial charge in [-0.3, -0.25) is 4.79 Å². The van der Waals surface area contributed by atoms with Crippen molar-refractivity contribution >= 4 is 18.3 Å². The highest BCUT2D eigenvalue weighted by Crippen LogP contribution is 2.31. The quantitative estimate of drug-likeness (QED) is 0.815. The molecule has 1 amide bonds. The standard InChI is InChI=1S/C19H25N5O3.ClH/c1-2-23(11-15-13-26-17-5-3-4-6-18(17)27-15)19(25)16-12-24(22-21-16)14-7-9-20-10-8-14;/h3-6,12,14-15,20H,2,7-11,13H2,1H3;1H. The van der Waals surface area contributed by atoms with Gasteiger partial charge in [-0.05, 0) is 45.0 Å². The molecule has 152 valence electrons. The van der Waals surface area contributed by atoms with Crippen LogP contribution in [-0.2, 0) is 0 Å². The predicted molar refractivity (Wildman–Crippen MR) is 106 cm³/mol. The first-order valence-electron chi connectivity index (χ1n) is 9.55. The maximum atomic E-state index is 12.9. The number of piperidine rings is 1. The molecule has 0 bridgehead atoms. The molecule has 2 aliphatic rings. The Morgan fingerprint density at radius 2 is 2.04 bits per heavy atom. The van der Waals surface area contributed by atoms with E-state index in [1.54, 1.807) is 11.1 Å². The van der Waals surface area contributed by atoms with Crippen molar-refractivity contribution < 1.29 is 14.3 Å². The highest BCUT2D eigenvalue weighted by Gasteiger charge is 2.27. The van der Waals surface area contributed by atoms with Gasteiger partial charge in [0.25, 0.3) is 5.91 Å². The van der Waals surface area contributed by atoms with E-state index in [1.807, 2.05) is 35.9 Å². The van der Waals surface area contributed by atoms with Gasteiger partial charge in [0.15, 0.2) is 23.3 Å². The Bertz CT molecular complexity index is 793. The highest BCUT2D eigenvalue weighted by atomic mass is 35.5. The second-order valence-electron chi connectivity index (χ2n) is 6.91. The van der Waals surface area contributed by atoms with Crippen LogP contribution in [0.1, 0.15) is 36.3 Å². The number of hydrogen-bond donors (Lipinski definition) is 1. The maximum Gasteiger partial charge on any atom is 0.276 e. The molecule has 1 N–H and O–H groups in total. The minimum atomic E-state index is -0.205. The molecule has 9 heteroatoms. The number of nitrogens with zero attached hydrogens (tertiary/aromatic N) is 4. The van der Waals surface area contributed by atoms with Crippen LogP contribution in [0.4, 0.5) is 0 Å². The minimum Gasteiger partial charge on any atom is -0.486 e. The van der Waals surface area contributed by atoms with E-state index >= 15 is 0 Å². The van der Waals surface area contributed by atoms with E-state index in [0.29, 0.717) is 37.2 Å². The smallest absolute Gasteiger partial charge is 0.276 e. The summed E-state index contributed by atoms with van der Waals surface area (Å²) in [5.41, 5.74) is 0.382. The zero-order chi connectivity index (χ0) is 18.6. The summed E-state index contributed by atoms with van der Waals surface area (Å²) in [5.74, 6) is 1.34. The van der Waals surface area contributed by atoms with Crippen LogP contribution >= 0.6 is 12.4 Å². The van der Waals surface area contributed by atoms with E-state index < -0.39 is 0 Å². The molecule has 28 heavy (non-hydrogen) atoms. The zero-order valence-electron chi connectivity index (χ0n) is 15.9. The summed E-state index contributed by atoms with van der Waals surface area (Å²) in [7, 11) is 0. The van der Waals surface area contributed by atoms with Gasteiger partial charge in [0.1, 0.15) is 6.61 Å². The van der Waals surface area contributed by atoms with Crippen molar-refractivity contribution in [3.8, 4) is 11.5 Å². The minimum absolute atomic E-state index is 0. The Kier molecular flexibility index (Phi) is 6.74. The van der Waals surface area contributed by atoms with Crippen molar-refractivity contribution in [2.45, 2.75) is 31.9 Å². The lowest BCUT2D eigenvalue weighted by Crippen LogP contribution is -2.43. The number of likely N-dealkylation sites (N-methyl/N-ethyl adjacent to an activating group) is 1. The Labute approximate surface area is 170 Å². The zero-order valence-corrected chi connectivity index (χ0v) is 16.7. The lowest BCUT2D eigenvalue weighted by atomic mass is 10.1. The molecule has 0 spiro atoms. The fraction of sp³-hybridized carbons (Fsp3) is 0.526. The van der Waals surface area contributed by atoms with Gasteiger partial charge in [-0.2, -0.15) is 0 Å². The fourth-order valence-electron chi connectivity index (χ4n) is 3.54. The number of para-hydroxylation sites is 2. The van der Waals surface area contributed by atoms with Gasteiger partial charge in [0, 0.05) is 6.54 Å². The van der Waals surface area contributed by atoms with Crippen molar-refractivity contribution in [3.63, 3.8) is 0 Å². The largest absolute Gasteiger partial charge is 0.486 e. The average molecular weight is 408 g/mol. The van der Waals surface area contributed by atoms with E-state index in [9.17, 15) is 4.79 Å². The van der Waals surface area contributed by atoms with Crippen molar-refractivity contribution in [1.82, 2.24) is 25.2 Å². The number of hydrogen-bond acceptors (Lipinski definition) is 6. The molecular formula is C19H26ClN5O3. The third kappa shape index (κ3) is 4.39. The summed E-state index contributed by atoms with van der Waals surface area (Å²) >= 11 is 0. The molecule has 2 aromatic rings. The Hall–Kier alpha value is -2.32. The number of amides is 1. The molecule has 1 atom stereocenters. The first kappa shape index (κ1) is 20.4. The van der Waals surface area contributed by atoms with Crippen LogP contribution in [0.3, 0.4) is 0 Å². The molecule has 2 aliphatic heterocycles. The number of fused-ring (bicyclic) bond motifs is 1. The lowest BCUT2D eigenvalue weighted by molar-refractivity contribution is 0.0471. The van der Waals surface area contributed by atoms with Crippen LogP contribution in [0.5, 0.6) is 11.5 Å². The predicted octanol–water partition coefficient (Wildman–Crippen LogP) is 1.93. The SMILES string of the molecule is CCN(CC1COc2ccccc2O1)C(=O)c1cn(C2CCNCC2)nn1.Cl. The molecule has 1 aromatic carbocycles. The number of carbonyl (C=O) groups is 1. The molecule has 1 saturated heterocycles. The summed E-state index contributed by atoms with van der Waals surface area (Å²) in [6.45, 7) is 5.32. The van der Waals surface area contributed by atoms with Gasteiger partial charge in [0.05, 0.1) is 18.8 Å². The average Bonchev–Trinajstić information content (AvgIpc) is 3.22. The van der Waals surface area contributed by atoms with Crippen LogP contribution in [0.15, 0.2) is 30.5 Å². The second kappa shape index (κ2) is 9.25. The fourth-order valence-corrected chi connectivity index (χ4v) is 3.54. The number of benzene rings is 1. The van der Waals surface area contributed by atoms with Gasteiger partial charge in [-0.25, -0.2) is 4.68 Å². The molecule has 4 rings (SSSR count). The van der Waals surface area contributed by atoms with Gasteiger partial charge >= 0.3 is 0 Å². The Morgan fingerprint density at radius 3 is 2.79 bits per heavy atom. The van der Waals surface area contributed by atoms with E-state index in [2.05, 4.69) is 15.6 Å². The van der Waals surface area contributed by atoms with Crippen molar-refractivity contribution in [2.24, 2.45) is 0 Å². The van der Waals surface area contributed by atoms with Gasteiger partial charge < -0.3 is 19.7 Å². The summed E-state index contributed by atoms with van der Waals surface area (Å²) in [4.78, 5) is 14.6. The maximum absolute atomic E-state index is 12.9. The number of carbonyl (C=O) groups excluding carboxylic acids is 1. The Morgan fingerprint density at radius 1 is 1.29 bits per heavy atom. The van der Waals surface area contributed by atoms with Crippen LogP contribution < -0.4 is 14.8 Å². The molecular weight excluding hydrogens is 382 g/mol. The summed E-state index contributed by atoms with van der Waals surface area (Å²) < 4.78 is 13.6. The molecule has 1 aromatic heterocycles. The van der Waals surface area contributed by atoms with E-state index in [0.717, 1.165) is 31.7 Å². The van der Waals surface area contributed by atoms with Crippen molar-refractivity contribution in [3.05, 3.63) is 36.2 Å². The summed E-state index contributed by atoms with van der Waals surface area (Å²) in [6.07, 6.45) is 3.57. The molecule has 3 heterocycles. The van der Waals surface area contributed by atoms with Gasteiger partial charge in [-0.1, -0.05) is 17.3 Å². The van der Waals surface area contributed by atoms with Crippen molar-refractivity contribution in [2.75, 3.05) is 32.8 Å². The van der Waals surface area contributed by atoms with Crippen LogP contribution in [-0.4, -0.2) is 64.7 Å². The van der Waals surface area contributed by atoms with Crippen molar-refractivity contribution in [1.29, 1.82) is 0 Å². The van der Waals surface area contributed by atoms with Crippen LogP contribution in [0.25, 0.3) is 0 Å². The number of ether oxygens (including phenoxy) is 2.